The zero-order chi connectivity index (χ0) is 16.0. The average Bonchev–Trinajstić information content (AvgIpc) is 2.45. The smallest absolute Gasteiger partial charge is 0.316 e. The molecular weight excluding hydrogens is 264 g/mol. The number of hydrogen-bond acceptors (Lipinski definition) is 3. The van der Waals surface area contributed by atoms with Crippen LogP contribution in [0.3, 0.4) is 0 Å². The average molecular weight is 294 g/mol. The van der Waals surface area contributed by atoms with Crippen molar-refractivity contribution in [3.63, 3.8) is 0 Å². The first-order chi connectivity index (χ1) is 9.89. The normalized spacial score (nSPS) is 26.3. The van der Waals surface area contributed by atoms with E-state index in [4.69, 9.17) is 5.73 Å². The first-order valence-electron chi connectivity index (χ1n) is 8.08. The number of rotatable bonds is 8. The van der Waals surface area contributed by atoms with Crippen molar-refractivity contribution >= 4 is 5.97 Å². The van der Waals surface area contributed by atoms with Gasteiger partial charge in [0.25, 0.3) is 0 Å². The Bertz CT molecular complexity index is 413. The molecule has 0 aromatic carbocycles. The molecule has 120 valence electrons. The molecule has 0 saturated carbocycles. The van der Waals surface area contributed by atoms with Crippen molar-refractivity contribution in [2.45, 2.75) is 52.5 Å². The SMILES string of the molecule is CCCCC(C)C1(N)C=CC(C(=O)O)C(N(CC)CC)=C1. The number of nitrogens with zero attached hydrogens (tertiary/aromatic N) is 1. The van der Waals surface area contributed by atoms with Crippen LogP contribution in [0, 0.1) is 11.8 Å². The van der Waals surface area contributed by atoms with Gasteiger partial charge in [-0.3, -0.25) is 4.79 Å². The third-order valence-corrected chi connectivity index (χ3v) is 4.53. The van der Waals surface area contributed by atoms with Crippen LogP contribution in [0.1, 0.15) is 47.0 Å². The van der Waals surface area contributed by atoms with Crippen LogP contribution in [-0.2, 0) is 4.79 Å². The van der Waals surface area contributed by atoms with E-state index >= 15 is 0 Å². The van der Waals surface area contributed by atoms with E-state index in [1.165, 1.54) is 0 Å². The summed E-state index contributed by atoms with van der Waals surface area (Å²) >= 11 is 0. The molecule has 0 radical (unpaired) electrons. The fourth-order valence-electron chi connectivity index (χ4n) is 2.91. The van der Waals surface area contributed by atoms with Crippen molar-refractivity contribution in [2.75, 3.05) is 13.1 Å². The number of nitrogens with two attached hydrogens (primary N) is 1. The van der Waals surface area contributed by atoms with Crippen molar-refractivity contribution in [1.29, 1.82) is 0 Å². The summed E-state index contributed by atoms with van der Waals surface area (Å²) in [6.45, 7) is 9.99. The molecule has 0 bridgehead atoms. The molecule has 0 aliphatic heterocycles. The second-order valence-electron chi connectivity index (χ2n) is 5.96. The zero-order valence-electron chi connectivity index (χ0n) is 13.8. The monoisotopic (exact) mass is 294 g/mol. The second-order valence-corrected chi connectivity index (χ2v) is 5.96. The predicted molar refractivity (Wildman–Crippen MR) is 86.9 cm³/mol. The van der Waals surface area contributed by atoms with Gasteiger partial charge in [0.15, 0.2) is 0 Å². The summed E-state index contributed by atoms with van der Waals surface area (Å²) in [5.41, 5.74) is 6.85. The second kappa shape index (κ2) is 7.64. The van der Waals surface area contributed by atoms with E-state index in [0.29, 0.717) is 5.92 Å². The largest absolute Gasteiger partial charge is 0.481 e. The molecule has 3 unspecified atom stereocenters. The number of carboxylic acid groups (broad SMARTS) is 1. The molecule has 1 rings (SSSR count). The van der Waals surface area contributed by atoms with Crippen LogP contribution < -0.4 is 5.73 Å². The highest BCUT2D eigenvalue weighted by Gasteiger charge is 2.35. The maximum Gasteiger partial charge on any atom is 0.316 e. The minimum absolute atomic E-state index is 0.300. The lowest BCUT2D eigenvalue weighted by atomic mass is 9.77. The van der Waals surface area contributed by atoms with Gasteiger partial charge in [0.1, 0.15) is 5.92 Å². The van der Waals surface area contributed by atoms with E-state index in [-0.39, 0.29) is 0 Å². The van der Waals surface area contributed by atoms with Crippen LogP contribution in [0.25, 0.3) is 0 Å². The molecular formula is C17H30N2O2. The summed E-state index contributed by atoms with van der Waals surface area (Å²) in [7, 11) is 0. The van der Waals surface area contributed by atoms with Crippen LogP contribution in [0.4, 0.5) is 0 Å². The Hall–Kier alpha value is -1.29. The molecule has 1 aliphatic rings. The van der Waals surface area contributed by atoms with Crippen LogP contribution in [0.15, 0.2) is 23.9 Å². The van der Waals surface area contributed by atoms with Crippen molar-refractivity contribution < 1.29 is 9.90 Å². The summed E-state index contributed by atoms with van der Waals surface area (Å²) in [5, 5.41) is 9.44. The molecule has 4 nitrogen and oxygen atoms in total. The Morgan fingerprint density at radius 2 is 2.05 bits per heavy atom. The minimum atomic E-state index is -0.812. The fourth-order valence-corrected chi connectivity index (χ4v) is 2.91. The Balaban J connectivity index is 3.09. The quantitative estimate of drug-likeness (QED) is 0.675. The maximum atomic E-state index is 11.5. The first kappa shape index (κ1) is 17.8. The van der Waals surface area contributed by atoms with E-state index < -0.39 is 17.4 Å². The zero-order valence-corrected chi connectivity index (χ0v) is 13.8. The van der Waals surface area contributed by atoms with Gasteiger partial charge in [-0.1, -0.05) is 38.8 Å². The summed E-state index contributed by atoms with van der Waals surface area (Å²) in [6, 6.07) is 0. The molecule has 0 fully saturated rings. The van der Waals surface area contributed by atoms with E-state index in [2.05, 4.69) is 18.7 Å². The van der Waals surface area contributed by atoms with Crippen molar-refractivity contribution in [3.8, 4) is 0 Å². The number of carboxylic acids is 1. The van der Waals surface area contributed by atoms with E-state index in [1.54, 1.807) is 6.08 Å². The predicted octanol–water partition coefficient (Wildman–Crippen LogP) is 3.01. The fraction of sp³-hybridized carbons (Fsp3) is 0.706. The summed E-state index contributed by atoms with van der Waals surface area (Å²) < 4.78 is 0. The van der Waals surface area contributed by atoms with Crippen LogP contribution in [0.2, 0.25) is 0 Å². The molecule has 0 aromatic rings. The van der Waals surface area contributed by atoms with Gasteiger partial charge in [-0.15, -0.1) is 0 Å². The first-order valence-corrected chi connectivity index (χ1v) is 8.08. The molecule has 0 heterocycles. The molecule has 0 spiro atoms. The van der Waals surface area contributed by atoms with Gasteiger partial charge in [0.2, 0.25) is 0 Å². The van der Waals surface area contributed by atoms with Crippen LogP contribution >= 0.6 is 0 Å². The third-order valence-electron chi connectivity index (χ3n) is 4.53. The Morgan fingerprint density at radius 3 is 2.52 bits per heavy atom. The molecule has 1 aliphatic carbocycles. The van der Waals surface area contributed by atoms with Crippen molar-refractivity contribution in [2.24, 2.45) is 17.6 Å². The Morgan fingerprint density at radius 1 is 1.43 bits per heavy atom. The lowest BCUT2D eigenvalue weighted by Gasteiger charge is -2.38. The van der Waals surface area contributed by atoms with Gasteiger partial charge >= 0.3 is 5.97 Å². The summed E-state index contributed by atoms with van der Waals surface area (Å²) in [5.74, 6) is -1.10. The standard InChI is InChI=1S/C17H30N2O2/c1-5-8-9-13(4)17(18)11-10-14(16(20)21)15(12-17)19(6-2)7-3/h10-14H,5-9,18H2,1-4H3,(H,20,21). The van der Waals surface area contributed by atoms with Gasteiger partial charge < -0.3 is 15.7 Å². The molecule has 0 saturated heterocycles. The number of carbonyl (C=O) groups is 1. The van der Waals surface area contributed by atoms with Crippen molar-refractivity contribution in [1.82, 2.24) is 4.90 Å². The highest BCUT2D eigenvalue weighted by Crippen LogP contribution is 2.32. The van der Waals surface area contributed by atoms with E-state index in [1.807, 2.05) is 26.0 Å². The van der Waals surface area contributed by atoms with E-state index in [0.717, 1.165) is 38.0 Å². The molecule has 21 heavy (non-hydrogen) atoms. The molecule has 0 amide bonds. The minimum Gasteiger partial charge on any atom is -0.481 e. The van der Waals surface area contributed by atoms with Gasteiger partial charge in [0, 0.05) is 18.8 Å². The molecule has 4 heteroatoms. The Labute approximate surface area is 128 Å². The topological polar surface area (TPSA) is 66.6 Å². The van der Waals surface area contributed by atoms with Gasteiger partial charge in [-0.2, -0.15) is 0 Å². The van der Waals surface area contributed by atoms with Crippen LogP contribution in [0.5, 0.6) is 0 Å². The number of aliphatic carboxylic acids is 1. The van der Waals surface area contributed by atoms with Crippen LogP contribution in [-0.4, -0.2) is 34.6 Å². The molecule has 0 aromatic heterocycles. The highest BCUT2D eigenvalue weighted by atomic mass is 16.4. The summed E-state index contributed by atoms with van der Waals surface area (Å²) in [6.07, 6.45) is 8.98. The molecule has 3 N–H and O–H groups in total. The van der Waals surface area contributed by atoms with Gasteiger partial charge in [-0.05, 0) is 32.3 Å². The lowest BCUT2D eigenvalue weighted by Crippen LogP contribution is -2.47. The lowest BCUT2D eigenvalue weighted by molar-refractivity contribution is -0.139. The number of unbranched alkanes of at least 4 members (excludes halogenated alkanes) is 1. The maximum absolute atomic E-state index is 11.5. The van der Waals surface area contributed by atoms with E-state index in [9.17, 15) is 9.90 Å². The molecule has 3 atom stereocenters. The third kappa shape index (κ3) is 4.10. The van der Waals surface area contributed by atoms with Crippen molar-refractivity contribution in [3.05, 3.63) is 23.9 Å². The highest BCUT2D eigenvalue weighted by molar-refractivity contribution is 5.76. The number of hydrogen-bond donors (Lipinski definition) is 2. The Kier molecular flexibility index (Phi) is 6.46. The summed E-state index contributed by atoms with van der Waals surface area (Å²) in [4.78, 5) is 13.6. The van der Waals surface area contributed by atoms with Gasteiger partial charge in [-0.25, -0.2) is 0 Å². The van der Waals surface area contributed by atoms with Gasteiger partial charge in [0.05, 0.1) is 5.54 Å².